The summed E-state index contributed by atoms with van der Waals surface area (Å²) in [5.74, 6) is 2.13. The van der Waals surface area contributed by atoms with E-state index in [1.807, 2.05) is 32.0 Å². The topological polar surface area (TPSA) is 81.0 Å². The van der Waals surface area contributed by atoms with E-state index in [4.69, 9.17) is 4.74 Å². The molecule has 1 aliphatic carbocycles. The molecule has 150 valence electrons. The lowest BCUT2D eigenvalue weighted by Crippen LogP contribution is -2.17. The molecular formula is C23H26N4O2. The third kappa shape index (κ3) is 4.43. The standard InChI is InChI=1S/C23H26N4O2/c1-14-6-5-7-20(26-14)18-10-17(18)13-29-22-19(12-24-15(2)27-22)16-8-9-21(25-11-16)23(3,4)28/h5-9,11-12,17-18,28H,10,13H2,1-4H3/t17-,18+/m1/s1. The van der Waals surface area contributed by atoms with Crippen LogP contribution in [-0.2, 0) is 5.60 Å². The number of aliphatic hydroxyl groups is 1. The van der Waals surface area contributed by atoms with Crippen LogP contribution in [-0.4, -0.2) is 31.6 Å². The quantitative estimate of drug-likeness (QED) is 0.686. The molecule has 3 heterocycles. The summed E-state index contributed by atoms with van der Waals surface area (Å²) in [7, 11) is 0. The van der Waals surface area contributed by atoms with Crippen molar-refractivity contribution in [3.8, 4) is 17.0 Å². The lowest BCUT2D eigenvalue weighted by atomic mass is 10.0. The maximum absolute atomic E-state index is 10.1. The summed E-state index contributed by atoms with van der Waals surface area (Å²) in [5.41, 5.74) is 3.49. The molecule has 0 radical (unpaired) electrons. The van der Waals surface area contributed by atoms with Gasteiger partial charge in [0.1, 0.15) is 11.4 Å². The Hall–Kier alpha value is -2.86. The Bertz CT molecular complexity index is 1010. The highest BCUT2D eigenvalue weighted by molar-refractivity contribution is 5.67. The second-order valence-electron chi connectivity index (χ2n) is 8.24. The van der Waals surface area contributed by atoms with Crippen LogP contribution in [0, 0.1) is 19.8 Å². The van der Waals surface area contributed by atoms with Gasteiger partial charge in [-0.25, -0.2) is 4.98 Å². The summed E-state index contributed by atoms with van der Waals surface area (Å²) in [4.78, 5) is 17.9. The summed E-state index contributed by atoms with van der Waals surface area (Å²) in [6, 6.07) is 9.90. The molecule has 0 saturated heterocycles. The summed E-state index contributed by atoms with van der Waals surface area (Å²) in [5, 5.41) is 10.1. The van der Waals surface area contributed by atoms with Gasteiger partial charge in [0.15, 0.2) is 0 Å². The molecular weight excluding hydrogens is 364 g/mol. The van der Waals surface area contributed by atoms with Crippen LogP contribution in [0.4, 0.5) is 0 Å². The molecule has 1 N–H and O–H groups in total. The van der Waals surface area contributed by atoms with E-state index in [9.17, 15) is 5.11 Å². The minimum Gasteiger partial charge on any atom is -0.477 e. The average Bonchev–Trinajstić information content (AvgIpc) is 3.46. The van der Waals surface area contributed by atoms with Gasteiger partial charge in [-0.15, -0.1) is 0 Å². The van der Waals surface area contributed by atoms with Crippen LogP contribution in [0.3, 0.4) is 0 Å². The molecule has 4 rings (SSSR count). The number of ether oxygens (including phenoxy) is 1. The van der Waals surface area contributed by atoms with Crippen molar-refractivity contribution >= 4 is 0 Å². The summed E-state index contributed by atoms with van der Waals surface area (Å²) in [6.45, 7) is 7.90. The Morgan fingerprint density at radius 3 is 2.59 bits per heavy atom. The maximum Gasteiger partial charge on any atom is 0.224 e. The van der Waals surface area contributed by atoms with E-state index in [0.29, 0.717) is 35.8 Å². The van der Waals surface area contributed by atoms with Gasteiger partial charge in [-0.2, -0.15) is 4.98 Å². The molecule has 3 aromatic rings. The predicted molar refractivity (Wildman–Crippen MR) is 111 cm³/mol. The van der Waals surface area contributed by atoms with Crippen LogP contribution in [0.15, 0.2) is 42.7 Å². The molecule has 6 heteroatoms. The second kappa shape index (κ2) is 7.52. The summed E-state index contributed by atoms with van der Waals surface area (Å²) >= 11 is 0. The van der Waals surface area contributed by atoms with Gasteiger partial charge < -0.3 is 9.84 Å². The first-order valence-corrected chi connectivity index (χ1v) is 9.90. The highest BCUT2D eigenvalue weighted by Gasteiger charge is 2.40. The molecule has 0 aromatic carbocycles. The van der Waals surface area contributed by atoms with Crippen LogP contribution >= 0.6 is 0 Å². The van der Waals surface area contributed by atoms with E-state index in [1.165, 1.54) is 0 Å². The number of pyridine rings is 2. The lowest BCUT2D eigenvalue weighted by molar-refractivity contribution is 0.0739. The van der Waals surface area contributed by atoms with Crippen molar-refractivity contribution in [3.63, 3.8) is 0 Å². The zero-order valence-electron chi connectivity index (χ0n) is 17.3. The molecule has 6 nitrogen and oxygen atoms in total. The first-order chi connectivity index (χ1) is 13.8. The van der Waals surface area contributed by atoms with Crippen LogP contribution in [0.2, 0.25) is 0 Å². The average molecular weight is 390 g/mol. The van der Waals surface area contributed by atoms with E-state index in [-0.39, 0.29) is 0 Å². The van der Waals surface area contributed by atoms with Crippen LogP contribution < -0.4 is 4.74 Å². The largest absolute Gasteiger partial charge is 0.477 e. The molecule has 29 heavy (non-hydrogen) atoms. The second-order valence-corrected chi connectivity index (χ2v) is 8.24. The first-order valence-electron chi connectivity index (χ1n) is 9.90. The zero-order chi connectivity index (χ0) is 20.6. The molecule has 0 bridgehead atoms. The van der Waals surface area contributed by atoms with Gasteiger partial charge in [-0.1, -0.05) is 12.1 Å². The molecule has 0 spiro atoms. The van der Waals surface area contributed by atoms with Gasteiger partial charge in [0.05, 0.1) is 17.9 Å². The van der Waals surface area contributed by atoms with E-state index in [2.05, 4.69) is 32.1 Å². The van der Waals surface area contributed by atoms with Crippen LogP contribution in [0.1, 0.15) is 49.1 Å². The summed E-state index contributed by atoms with van der Waals surface area (Å²) in [6.07, 6.45) is 4.58. The monoisotopic (exact) mass is 390 g/mol. The molecule has 0 unspecified atom stereocenters. The van der Waals surface area contributed by atoms with Crippen molar-refractivity contribution in [1.29, 1.82) is 0 Å². The molecule has 0 amide bonds. The van der Waals surface area contributed by atoms with Gasteiger partial charge in [0.25, 0.3) is 0 Å². The number of aryl methyl sites for hydroxylation is 2. The van der Waals surface area contributed by atoms with Crippen molar-refractivity contribution < 1.29 is 9.84 Å². The van der Waals surface area contributed by atoms with Crippen molar-refractivity contribution in [3.05, 3.63) is 65.6 Å². The fourth-order valence-electron chi connectivity index (χ4n) is 3.42. The minimum absolute atomic E-state index is 0.447. The predicted octanol–water partition coefficient (Wildman–Crippen LogP) is 3.96. The van der Waals surface area contributed by atoms with Crippen molar-refractivity contribution in [2.75, 3.05) is 6.61 Å². The van der Waals surface area contributed by atoms with Crippen LogP contribution in [0.5, 0.6) is 5.88 Å². The number of hydrogen-bond acceptors (Lipinski definition) is 6. The highest BCUT2D eigenvalue weighted by Crippen LogP contribution is 2.47. The van der Waals surface area contributed by atoms with E-state index < -0.39 is 5.60 Å². The SMILES string of the molecule is Cc1cccc([C@H]2C[C@@H]2COc2nc(C)ncc2-c2ccc(C(C)(C)O)nc2)n1. The smallest absolute Gasteiger partial charge is 0.224 e. The molecule has 1 fully saturated rings. The van der Waals surface area contributed by atoms with Crippen LogP contribution in [0.25, 0.3) is 11.1 Å². The Balaban J connectivity index is 1.49. The fourth-order valence-corrected chi connectivity index (χ4v) is 3.42. The van der Waals surface area contributed by atoms with Crippen molar-refractivity contribution in [1.82, 2.24) is 19.9 Å². The van der Waals surface area contributed by atoms with E-state index in [0.717, 1.165) is 28.9 Å². The Morgan fingerprint density at radius 1 is 1.07 bits per heavy atom. The zero-order valence-corrected chi connectivity index (χ0v) is 17.3. The van der Waals surface area contributed by atoms with E-state index in [1.54, 1.807) is 26.2 Å². The number of rotatable bonds is 6. The summed E-state index contributed by atoms with van der Waals surface area (Å²) < 4.78 is 6.12. The molecule has 0 aliphatic heterocycles. The van der Waals surface area contributed by atoms with Gasteiger partial charge in [0.2, 0.25) is 5.88 Å². The van der Waals surface area contributed by atoms with Crippen molar-refractivity contribution in [2.24, 2.45) is 5.92 Å². The molecule has 1 aliphatic rings. The molecule has 3 aromatic heterocycles. The van der Waals surface area contributed by atoms with Gasteiger partial charge in [-0.05, 0) is 52.3 Å². The van der Waals surface area contributed by atoms with Gasteiger partial charge >= 0.3 is 0 Å². The Labute approximate surface area is 171 Å². The lowest BCUT2D eigenvalue weighted by Gasteiger charge is -2.17. The third-order valence-corrected chi connectivity index (χ3v) is 5.22. The fraction of sp³-hybridized carbons (Fsp3) is 0.391. The van der Waals surface area contributed by atoms with E-state index >= 15 is 0 Å². The Morgan fingerprint density at radius 2 is 1.90 bits per heavy atom. The number of nitrogens with zero attached hydrogens (tertiary/aromatic N) is 4. The molecule has 1 saturated carbocycles. The number of hydrogen-bond donors (Lipinski definition) is 1. The normalized spacial score (nSPS) is 18.5. The molecule has 2 atom stereocenters. The maximum atomic E-state index is 10.1. The Kier molecular flexibility index (Phi) is 5.04. The minimum atomic E-state index is -0.980. The van der Waals surface area contributed by atoms with Crippen molar-refractivity contribution in [2.45, 2.75) is 45.6 Å². The van der Waals surface area contributed by atoms with Gasteiger partial charge in [0, 0.05) is 41.2 Å². The number of aromatic nitrogens is 4. The third-order valence-electron chi connectivity index (χ3n) is 5.22. The first kappa shape index (κ1) is 19.5. The highest BCUT2D eigenvalue weighted by atomic mass is 16.5. The van der Waals surface area contributed by atoms with Gasteiger partial charge in [-0.3, -0.25) is 9.97 Å².